The molecule has 0 aliphatic heterocycles. The Labute approximate surface area is 118 Å². The van der Waals surface area contributed by atoms with E-state index in [0.717, 1.165) is 6.07 Å². The predicted octanol–water partition coefficient (Wildman–Crippen LogP) is 3.93. The lowest BCUT2D eigenvalue weighted by molar-refractivity contribution is -0.0328. The van der Waals surface area contributed by atoms with Crippen molar-refractivity contribution in [1.82, 2.24) is 0 Å². The van der Waals surface area contributed by atoms with Gasteiger partial charge in [0.1, 0.15) is 0 Å². The molecule has 0 atom stereocenters. The van der Waals surface area contributed by atoms with E-state index in [1.807, 2.05) is 6.07 Å². The molecule has 20 heavy (non-hydrogen) atoms. The van der Waals surface area contributed by atoms with Crippen molar-refractivity contribution < 1.29 is 22.7 Å². The SMILES string of the molecule is CCOC(=O)c1ccc(CCC#N)c(SC(F)(F)F)c1. The Bertz CT molecular complexity index is 523. The average molecular weight is 303 g/mol. The van der Waals surface area contributed by atoms with Gasteiger partial charge in [0.15, 0.2) is 0 Å². The maximum absolute atomic E-state index is 12.5. The quantitative estimate of drug-likeness (QED) is 0.611. The number of halogens is 3. The molecular formula is C13H12F3NO2S. The van der Waals surface area contributed by atoms with Gasteiger partial charge >= 0.3 is 11.5 Å². The van der Waals surface area contributed by atoms with Crippen molar-refractivity contribution in [2.75, 3.05) is 6.61 Å². The van der Waals surface area contributed by atoms with Crippen LogP contribution in [-0.4, -0.2) is 18.1 Å². The van der Waals surface area contributed by atoms with Gasteiger partial charge in [-0.05, 0) is 42.8 Å². The minimum atomic E-state index is -4.45. The summed E-state index contributed by atoms with van der Waals surface area (Å²) >= 11 is -0.290. The van der Waals surface area contributed by atoms with Gasteiger partial charge in [-0.1, -0.05) is 6.07 Å². The lowest BCUT2D eigenvalue weighted by Gasteiger charge is -2.12. The molecule has 0 aliphatic rings. The van der Waals surface area contributed by atoms with Crippen molar-refractivity contribution in [3.8, 4) is 6.07 Å². The van der Waals surface area contributed by atoms with Gasteiger partial charge in [-0.25, -0.2) is 4.79 Å². The summed E-state index contributed by atoms with van der Waals surface area (Å²) in [7, 11) is 0. The second-order valence-electron chi connectivity index (χ2n) is 3.75. The summed E-state index contributed by atoms with van der Waals surface area (Å²) in [6.07, 6.45) is 0.322. The van der Waals surface area contributed by atoms with Crippen molar-refractivity contribution in [2.24, 2.45) is 0 Å². The number of benzene rings is 1. The number of esters is 1. The number of nitrogens with zero attached hydrogens (tertiary/aromatic N) is 1. The molecule has 0 spiro atoms. The summed E-state index contributed by atoms with van der Waals surface area (Å²) in [4.78, 5) is 11.5. The van der Waals surface area contributed by atoms with Gasteiger partial charge < -0.3 is 4.74 Å². The number of carbonyl (C=O) groups is 1. The molecule has 0 radical (unpaired) electrons. The van der Waals surface area contributed by atoms with Gasteiger partial charge in [0.25, 0.3) is 0 Å². The van der Waals surface area contributed by atoms with Crippen LogP contribution in [0.15, 0.2) is 23.1 Å². The first-order chi connectivity index (χ1) is 9.37. The number of alkyl halides is 3. The molecule has 0 bridgehead atoms. The van der Waals surface area contributed by atoms with E-state index in [-0.39, 0.29) is 41.7 Å². The topological polar surface area (TPSA) is 50.1 Å². The summed E-state index contributed by atoms with van der Waals surface area (Å²) in [6.45, 7) is 1.77. The number of nitriles is 1. The van der Waals surface area contributed by atoms with Gasteiger partial charge in [-0.2, -0.15) is 18.4 Å². The molecule has 0 aromatic heterocycles. The van der Waals surface area contributed by atoms with Crippen LogP contribution in [0.2, 0.25) is 0 Å². The largest absolute Gasteiger partial charge is 0.462 e. The van der Waals surface area contributed by atoms with E-state index in [4.69, 9.17) is 10.00 Å². The highest BCUT2D eigenvalue weighted by molar-refractivity contribution is 8.00. The van der Waals surface area contributed by atoms with Crippen LogP contribution in [0.3, 0.4) is 0 Å². The summed E-state index contributed by atoms with van der Waals surface area (Å²) in [5, 5.41) is 8.51. The lowest BCUT2D eigenvalue weighted by atomic mass is 10.1. The number of carbonyl (C=O) groups excluding carboxylic acids is 1. The first-order valence-electron chi connectivity index (χ1n) is 5.80. The number of hydrogen-bond donors (Lipinski definition) is 0. The molecule has 1 rings (SSSR count). The van der Waals surface area contributed by atoms with Crippen LogP contribution in [0.1, 0.15) is 29.3 Å². The standard InChI is InChI=1S/C13H12F3NO2S/c1-2-19-12(18)10-6-5-9(4-3-7-17)11(8-10)20-13(14,15)16/h5-6,8H,2-4H2,1H3. The highest BCUT2D eigenvalue weighted by atomic mass is 32.2. The zero-order chi connectivity index (χ0) is 15.2. The summed E-state index contributed by atoms with van der Waals surface area (Å²) < 4.78 is 42.3. The number of rotatable bonds is 5. The van der Waals surface area contributed by atoms with E-state index >= 15 is 0 Å². The number of hydrogen-bond acceptors (Lipinski definition) is 4. The third-order valence-electron chi connectivity index (χ3n) is 2.31. The molecule has 0 N–H and O–H groups in total. The van der Waals surface area contributed by atoms with E-state index in [2.05, 4.69) is 0 Å². The summed E-state index contributed by atoms with van der Waals surface area (Å²) in [5.74, 6) is -0.664. The van der Waals surface area contributed by atoms with Crippen molar-refractivity contribution in [3.63, 3.8) is 0 Å². The fraction of sp³-hybridized carbons (Fsp3) is 0.385. The monoisotopic (exact) mass is 303 g/mol. The maximum Gasteiger partial charge on any atom is 0.446 e. The van der Waals surface area contributed by atoms with Gasteiger partial charge in [0.05, 0.1) is 18.2 Å². The van der Waals surface area contributed by atoms with E-state index in [1.54, 1.807) is 6.92 Å². The average Bonchev–Trinajstić information content (AvgIpc) is 2.35. The van der Waals surface area contributed by atoms with Crippen molar-refractivity contribution in [3.05, 3.63) is 29.3 Å². The number of ether oxygens (including phenoxy) is 1. The maximum atomic E-state index is 12.5. The van der Waals surface area contributed by atoms with Gasteiger partial charge in [-0.3, -0.25) is 0 Å². The van der Waals surface area contributed by atoms with Crippen LogP contribution in [-0.2, 0) is 11.2 Å². The molecule has 7 heteroatoms. The van der Waals surface area contributed by atoms with Gasteiger partial charge in [-0.15, -0.1) is 0 Å². The minimum Gasteiger partial charge on any atom is -0.462 e. The Kier molecular flexibility index (Phi) is 5.89. The highest BCUT2D eigenvalue weighted by Crippen LogP contribution is 2.39. The fourth-order valence-electron chi connectivity index (χ4n) is 1.51. The molecular weight excluding hydrogens is 291 g/mol. The van der Waals surface area contributed by atoms with Crippen molar-refractivity contribution >= 4 is 17.7 Å². The van der Waals surface area contributed by atoms with E-state index < -0.39 is 11.5 Å². The molecule has 0 saturated heterocycles. The molecule has 3 nitrogen and oxygen atoms in total. The molecule has 108 valence electrons. The molecule has 1 aromatic carbocycles. The van der Waals surface area contributed by atoms with Gasteiger partial charge in [0.2, 0.25) is 0 Å². The zero-order valence-electron chi connectivity index (χ0n) is 10.7. The van der Waals surface area contributed by atoms with Crippen LogP contribution >= 0.6 is 11.8 Å². The van der Waals surface area contributed by atoms with Crippen molar-refractivity contribution in [1.29, 1.82) is 5.26 Å². The fourth-order valence-corrected chi connectivity index (χ4v) is 2.25. The molecule has 0 saturated carbocycles. The van der Waals surface area contributed by atoms with E-state index in [0.29, 0.717) is 5.56 Å². The first kappa shape index (κ1) is 16.4. The van der Waals surface area contributed by atoms with Crippen LogP contribution in [0.5, 0.6) is 0 Å². The first-order valence-corrected chi connectivity index (χ1v) is 6.61. The Balaban J connectivity index is 3.08. The number of thioether (sulfide) groups is 1. The Morgan fingerprint density at radius 1 is 1.45 bits per heavy atom. The second kappa shape index (κ2) is 7.20. The van der Waals surface area contributed by atoms with Crippen LogP contribution in [0, 0.1) is 11.3 Å². The lowest BCUT2D eigenvalue weighted by Crippen LogP contribution is -2.07. The molecule has 0 amide bonds. The highest BCUT2D eigenvalue weighted by Gasteiger charge is 2.30. The Morgan fingerprint density at radius 3 is 2.70 bits per heavy atom. The predicted molar refractivity (Wildman–Crippen MR) is 68.2 cm³/mol. The molecule has 0 aliphatic carbocycles. The Morgan fingerprint density at radius 2 is 2.15 bits per heavy atom. The third-order valence-corrected chi connectivity index (χ3v) is 3.14. The Hall–Kier alpha value is -1.68. The van der Waals surface area contributed by atoms with E-state index in [9.17, 15) is 18.0 Å². The minimum absolute atomic E-state index is 0.0688. The zero-order valence-corrected chi connectivity index (χ0v) is 11.5. The van der Waals surface area contributed by atoms with E-state index in [1.165, 1.54) is 12.1 Å². The van der Waals surface area contributed by atoms with Gasteiger partial charge in [0, 0.05) is 11.3 Å². The molecule has 0 unspecified atom stereocenters. The van der Waals surface area contributed by atoms with Crippen LogP contribution in [0.4, 0.5) is 13.2 Å². The third kappa shape index (κ3) is 5.13. The van der Waals surface area contributed by atoms with Crippen LogP contribution < -0.4 is 0 Å². The summed E-state index contributed by atoms with van der Waals surface area (Å²) in [6, 6.07) is 5.87. The normalized spacial score (nSPS) is 10.9. The smallest absolute Gasteiger partial charge is 0.446 e. The molecule has 0 fully saturated rings. The summed E-state index contributed by atoms with van der Waals surface area (Å²) in [5.41, 5.74) is -3.99. The molecule has 0 heterocycles. The van der Waals surface area contributed by atoms with Crippen LogP contribution in [0.25, 0.3) is 0 Å². The number of aryl methyl sites for hydroxylation is 1. The second-order valence-corrected chi connectivity index (χ2v) is 4.86. The van der Waals surface area contributed by atoms with Crippen molar-refractivity contribution in [2.45, 2.75) is 30.2 Å². The molecule has 1 aromatic rings.